The largest absolute Gasteiger partial charge is 0.378 e. The van der Waals surface area contributed by atoms with E-state index in [2.05, 4.69) is 19.9 Å². The zero-order chi connectivity index (χ0) is 18.8. The molecular weight excluding hydrogens is 335 g/mol. The maximum absolute atomic E-state index is 15.0. The van der Waals surface area contributed by atoms with Gasteiger partial charge in [0.05, 0.1) is 6.10 Å². The monoisotopic (exact) mass is 372 g/mol. The van der Waals surface area contributed by atoms with Crippen LogP contribution in [0.4, 0.5) is 4.39 Å². The van der Waals surface area contributed by atoms with Crippen molar-refractivity contribution in [2.24, 2.45) is 17.8 Å². The van der Waals surface area contributed by atoms with E-state index in [9.17, 15) is 4.39 Å². The predicted octanol–water partition coefficient (Wildman–Crippen LogP) is 6.82. The standard InChI is InChI=1S/C25H37FO/c1-3-5-17-6-7-21-14-22(16-25(26)24(21)12-17)19-8-9-20-15-23(27-4-2)11-10-18(20)13-19/h14,16-20,23H,3-13,15H2,1-2H3. The minimum absolute atomic E-state index is 0.0884. The van der Waals surface area contributed by atoms with Gasteiger partial charge in [-0.05, 0) is 111 Å². The normalized spacial score (nSPS) is 33.4. The van der Waals surface area contributed by atoms with E-state index in [1.54, 1.807) is 0 Å². The number of fused-ring (bicyclic) bond motifs is 2. The van der Waals surface area contributed by atoms with Gasteiger partial charge in [0.1, 0.15) is 5.82 Å². The molecule has 5 atom stereocenters. The third kappa shape index (κ3) is 4.26. The van der Waals surface area contributed by atoms with Crippen LogP contribution in [0, 0.1) is 23.6 Å². The van der Waals surface area contributed by atoms with Gasteiger partial charge in [-0.1, -0.05) is 25.8 Å². The molecule has 3 aliphatic carbocycles. The summed E-state index contributed by atoms with van der Waals surface area (Å²) in [5.41, 5.74) is 3.65. The summed E-state index contributed by atoms with van der Waals surface area (Å²) in [7, 11) is 0. The van der Waals surface area contributed by atoms with Crippen molar-refractivity contribution < 1.29 is 9.13 Å². The van der Waals surface area contributed by atoms with E-state index in [-0.39, 0.29) is 5.82 Å². The molecule has 150 valence electrons. The van der Waals surface area contributed by atoms with Crippen molar-refractivity contribution in [3.05, 3.63) is 34.6 Å². The minimum atomic E-state index is 0.0884. The first kappa shape index (κ1) is 19.4. The topological polar surface area (TPSA) is 9.23 Å². The van der Waals surface area contributed by atoms with Crippen molar-refractivity contribution in [2.45, 2.75) is 96.5 Å². The second kappa shape index (κ2) is 8.64. The Hall–Kier alpha value is -0.890. The lowest BCUT2D eigenvalue weighted by molar-refractivity contribution is -0.00956. The van der Waals surface area contributed by atoms with Crippen LogP contribution in [0.15, 0.2) is 12.1 Å². The quantitative estimate of drug-likeness (QED) is 0.551. The van der Waals surface area contributed by atoms with Gasteiger partial charge in [0.25, 0.3) is 0 Å². The molecule has 4 rings (SSSR count). The van der Waals surface area contributed by atoms with E-state index in [1.165, 1.54) is 68.9 Å². The van der Waals surface area contributed by atoms with E-state index < -0.39 is 0 Å². The number of benzene rings is 1. The first-order chi connectivity index (χ1) is 13.2. The summed E-state index contributed by atoms with van der Waals surface area (Å²) in [6.07, 6.45) is 13.8. The Morgan fingerprint density at radius 2 is 1.81 bits per heavy atom. The van der Waals surface area contributed by atoms with Crippen molar-refractivity contribution in [1.82, 2.24) is 0 Å². The summed E-state index contributed by atoms with van der Waals surface area (Å²) in [6, 6.07) is 4.29. The van der Waals surface area contributed by atoms with Crippen LogP contribution < -0.4 is 0 Å². The molecule has 2 saturated carbocycles. The molecule has 27 heavy (non-hydrogen) atoms. The molecule has 3 aliphatic rings. The number of rotatable bonds is 5. The third-order valence-electron chi connectivity index (χ3n) is 7.76. The first-order valence-electron chi connectivity index (χ1n) is 11.6. The van der Waals surface area contributed by atoms with Gasteiger partial charge in [0.2, 0.25) is 0 Å². The SMILES string of the molecule is CCCC1CCc2cc(C3CCC4CC(OCC)CCC4C3)cc(F)c2C1. The molecule has 0 bridgehead atoms. The molecular formula is C25H37FO. The third-order valence-corrected chi connectivity index (χ3v) is 7.76. The number of ether oxygens (including phenoxy) is 1. The zero-order valence-electron chi connectivity index (χ0n) is 17.3. The van der Waals surface area contributed by atoms with E-state index in [1.807, 2.05) is 6.07 Å². The van der Waals surface area contributed by atoms with E-state index in [0.717, 1.165) is 36.8 Å². The van der Waals surface area contributed by atoms with Gasteiger partial charge in [-0.15, -0.1) is 0 Å². The number of hydrogen-bond acceptors (Lipinski definition) is 1. The van der Waals surface area contributed by atoms with Gasteiger partial charge in [0.15, 0.2) is 0 Å². The van der Waals surface area contributed by atoms with Crippen LogP contribution in [0.5, 0.6) is 0 Å². The molecule has 0 saturated heterocycles. The van der Waals surface area contributed by atoms with Gasteiger partial charge in [-0.3, -0.25) is 0 Å². The van der Waals surface area contributed by atoms with Crippen molar-refractivity contribution in [3.63, 3.8) is 0 Å². The molecule has 1 aromatic carbocycles. The molecule has 1 nitrogen and oxygen atoms in total. The molecule has 1 aromatic rings. The Bertz CT molecular complexity index is 639. The Kier molecular flexibility index (Phi) is 6.21. The van der Waals surface area contributed by atoms with Crippen LogP contribution in [0.2, 0.25) is 0 Å². The van der Waals surface area contributed by atoms with Gasteiger partial charge in [-0.25, -0.2) is 4.39 Å². The first-order valence-corrected chi connectivity index (χ1v) is 11.6. The molecule has 0 aliphatic heterocycles. The summed E-state index contributed by atoms with van der Waals surface area (Å²) < 4.78 is 20.9. The smallest absolute Gasteiger partial charge is 0.126 e. The molecule has 0 aromatic heterocycles. The molecule has 0 radical (unpaired) electrons. The summed E-state index contributed by atoms with van der Waals surface area (Å²) in [5.74, 6) is 3.02. The summed E-state index contributed by atoms with van der Waals surface area (Å²) >= 11 is 0. The van der Waals surface area contributed by atoms with Gasteiger partial charge in [-0.2, -0.15) is 0 Å². The second-order valence-electron chi connectivity index (χ2n) is 9.46. The Labute approximate surface area is 165 Å². The molecule has 0 spiro atoms. The van der Waals surface area contributed by atoms with E-state index >= 15 is 0 Å². The minimum Gasteiger partial charge on any atom is -0.378 e. The van der Waals surface area contributed by atoms with Crippen LogP contribution in [-0.4, -0.2) is 12.7 Å². The van der Waals surface area contributed by atoms with Crippen molar-refractivity contribution in [2.75, 3.05) is 6.61 Å². The Morgan fingerprint density at radius 1 is 1.00 bits per heavy atom. The van der Waals surface area contributed by atoms with Gasteiger partial charge >= 0.3 is 0 Å². The van der Waals surface area contributed by atoms with E-state index in [4.69, 9.17) is 4.74 Å². The lowest BCUT2D eigenvalue weighted by Crippen LogP contribution is -2.33. The fourth-order valence-electron chi connectivity index (χ4n) is 6.35. The van der Waals surface area contributed by atoms with Gasteiger partial charge < -0.3 is 4.74 Å². The second-order valence-corrected chi connectivity index (χ2v) is 9.46. The zero-order valence-corrected chi connectivity index (χ0v) is 17.3. The number of halogens is 1. The van der Waals surface area contributed by atoms with Crippen molar-refractivity contribution >= 4 is 0 Å². The van der Waals surface area contributed by atoms with Crippen LogP contribution in [0.1, 0.15) is 94.2 Å². The highest BCUT2D eigenvalue weighted by atomic mass is 19.1. The lowest BCUT2D eigenvalue weighted by atomic mass is 9.65. The van der Waals surface area contributed by atoms with Crippen LogP contribution in [0.3, 0.4) is 0 Å². The van der Waals surface area contributed by atoms with Crippen LogP contribution >= 0.6 is 0 Å². The highest BCUT2D eigenvalue weighted by Crippen LogP contribution is 2.47. The molecule has 2 heteroatoms. The molecule has 5 unspecified atom stereocenters. The summed E-state index contributed by atoms with van der Waals surface area (Å²) in [4.78, 5) is 0. The Balaban J connectivity index is 1.44. The fourth-order valence-corrected chi connectivity index (χ4v) is 6.35. The molecule has 0 amide bonds. The average Bonchev–Trinajstić information content (AvgIpc) is 2.68. The maximum atomic E-state index is 15.0. The van der Waals surface area contributed by atoms with Crippen LogP contribution in [-0.2, 0) is 17.6 Å². The average molecular weight is 373 g/mol. The number of hydrogen-bond donors (Lipinski definition) is 0. The van der Waals surface area contributed by atoms with Crippen LogP contribution in [0.25, 0.3) is 0 Å². The lowest BCUT2D eigenvalue weighted by Gasteiger charge is -2.42. The van der Waals surface area contributed by atoms with Crippen molar-refractivity contribution in [1.29, 1.82) is 0 Å². The maximum Gasteiger partial charge on any atom is 0.126 e. The molecule has 0 heterocycles. The van der Waals surface area contributed by atoms with Gasteiger partial charge in [0, 0.05) is 6.61 Å². The molecule has 0 N–H and O–H groups in total. The summed E-state index contributed by atoms with van der Waals surface area (Å²) in [5, 5.41) is 0. The number of aryl methyl sites for hydroxylation is 1. The highest BCUT2D eigenvalue weighted by Gasteiger charge is 2.36. The fraction of sp³-hybridized carbons (Fsp3) is 0.760. The van der Waals surface area contributed by atoms with E-state index in [0.29, 0.717) is 17.9 Å². The highest BCUT2D eigenvalue weighted by molar-refractivity contribution is 5.37. The summed E-state index contributed by atoms with van der Waals surface area (Å²) in [6.45, 7) is 5.20. The predicted molar refractivity (Wildman–Crippen MR) is 110 cm³/mol. The molecule has 2 fully saturated rings. The Morgan fingerprint density at radius 3 is 2.63 bits per heavy atom. The van der Waals surface area contributed by atoms with Crippen molar-refractivity contribution in [3.8, 4) is 0 Å².